The molecule has 1 aromatic rings. The molecule has 4 nitrogen and oxygen atoms in total. The second-order valence-corrected chi connectivity index (χ2v) is 10.9. The average Bonchev–Trinajstić information content (AvgIpc) is 2.24. The normalized spacial score (nSPS) is 12.8. The third kappa shape index (κ3) is 3.78. The van der Waals surface area contributed by atoms with Gasteiger partial charge in [-0.3, -0.25) is 4.79 Å². The van der Waals surface area contributed by atoms with Gasteiger partial charge in [0.05, 0.1) is 0 Å². The summed E-state index contributed by atoms with van der Waals surface area (Å²) in [5.41, 5.74) is 8.11. The molecule has 0 atom stereocenters. The van der Waals surface area contributed by atoms with E-state index in [1.807, 2.05) is 26.1 Å². The molecule has 5 heteroatoms. The maximum atomic E-state index is 11.8. The van der Waals surface area contributed by atoms with Crippen LogP contribution in [0.15, 0.2) is 10.9 Å². The Morgan fingerprint density at radius 3 is 2.47 bits per heavy atom. The Hall–Kier alpha value is -0.913. The van der Waals surface area contributed by atoms with Gasteiger partial charge in [0.25, 0.3) is 5.56 Å². The van der Waals surface area contributed by atoms with Gasteiger partial charge in [0, 0.05) is 17.8 Å². The van der Waals surface area contributed by atoms with Crippen LogP contribution >= 0.6 is 0 Å². The molecule has 0 spiro atoms. The molecule has 4 N–H and O–H groups in total. The fourth-order valence-corrected chi connectivity index (χ4v) is 2.72. The third-order valence-corrected chi connectivity index (χ3v) is 7.81. The molecule has 0 bridgehead atoms. The minimum absolute atomic E-state index is 0.0872. The lowest BCUT2D eigenvalue weighted by atomic mass is 9.98. The molecule has 1 aromatic heterocycles. The molecule has 0 aliphatic carbocycles. The van der Waals surface area contributed by atoms with Gasteiger partial charge in [-0.15, -0.1) is 0 Å². The molecule has 0 fully saturated rings. The highest BCUT2D eigenvalue weighted by atomic mass is 28.4. The summed E-state index contributed by atoms with van der Waals surface area (Å²) < 4.78 is 0. The Labute approximate surface area is 116 Å². The molecule has 1 heterocycles. The summed E-state index contributed by atoms with van der Waals surface area (Å²) in [6.07, 6.45) is 1.64. The Bertz CT molecular complexity index is 501. The molecule has 0 aliphatic heterocycles. The van der Waals surface area contributed by atoms with Crippen molar-refractivity contribution in [2.45, 2.75) is 58.3 Å². The summed E-state index contributed by atoms with van der Waals surface area (Å²) >= 11 is 0. The Morgan fingerprint density at radius 1 is 1.42 bits per heavy atom. The molecule has 0 saturated carbocycles. The highest BCUT2D eigenvalue weighted by Crippen LogP contribution is 2.39. The van der Waals surface area contributed by atoms with Crippen molar-refractivity contribution in [3.8, 4) is 0 Å². The van der Waals surface area contributed by atoms with Gasteiger partial charge in [0.2, 0.25) is 0 Å². The highest BCUT2D eigenvalue weighted by molar-refractivity contribution is 6.72. The van der Waals surface area contributed by atoms with E-state index in [0.29, 0.717) is 5.56 Å². The maximum absolute atomic E-state index is 11.8. The van der Waals surface area contributed by atoms with E-state index in [9.17, 15) is 9.59 Å². The zero-order valence-corrected chi connectivity index (χ0v) is 13.6. The van der Waals surface area contributed by atoms with Crippen molar-refractivity contribution in [3.63, 3.8) is 0 Å². The standard InChI is InChI=1S/C14H26N2O2Si/c1-10-8-11(12(9-15)13(17)16-10)6-7-14(2,3)19(4,5)18/h8,18H,6-7,9,15H2,1-5H3,(H,16,17). The molecule has 0 amide bonds. The van der Waals surface area contributed by atoms with Crippen LogP contribution < -0.4 is 11.3 Å². The molecular formula is C14H26N2O2Si. The number of H-pyrrole nitrogens is 1. The van der Waals surface area contributed by atoms with Crippen LogP contribution in [0.4, 0.5) is 0 Å². The van der Waals surface area contributed by atoms with Gasteiger partial charge in [-0.25, -0.2) is 0 Å². The maximum Gasteiger partial charge on any atom is 0.252 e. The summed E-state index contributed by atoms with van der Waals surface area (Å²) in [6.45, 7) is 10.2. The molecule has 0 radical (unpaired) electrons. The van der Waals surface area contributed by atoms with Crippen LogP contribution in [0.25, 0.3) is 0 Å². The van der Waals surface area contributed by atoms with E-state index in [4.69, 9.17) is 5.73 Å². The average molecular weight is 282 g/mol. The Morgan fingerprint density at radius 2 is 2.00 bits per heavy atom. The number of hydrogen-bond acceptors (Lipinski definition) is 3. The fraction of sp³-hybridized carbons (Fsp3) is 0.643. The smallest absolute Gasteiger partial charge is 0.252 e. The fourth-order valence-electron chi connectivity index (χ4n) is 1.98. The summed E-state index contributed by atoms with van der Waals surface area (Å²) in [6, 6.07) is 1.99. The van der Waals surface area contributed by atoms with Crippen molar-refractivity contribution < 1.29 is 4.80 Å². The highest BCUT2D eigenvalue weighted by Gasteiger charge is 2.37. The lowest BCUT2D eigenvalue weighted by molar-refractivity contribution is 0.451. The molecule has 0 aliphatic rings. The first kappa shape index (κ1) is 16.1. The van der Waals surface area contributed by atoms with Gasteiger partial charge >= 0.3 is 0 Å². The minimum atomic E-state index is -2.21. The van der Waals surface area contributed by atoms with E-state index in [2.05, 4.69) is 18.8 Å². The molecular weight excluding hydrogens is 256 g/mol. The number of nitrogens with one attached hydrogen (secondary N) is 1. The van der Waals surface area contributed by atoms with Gasteiger partial charge in [-0.05, 0) is 49.5 Å². The van der Waals surface area contributed by atoms with Crippen LogP contribution in [-0.2, 0) is 13.0 Å². The largest absolute Gasteiger partial charge is 0.432 e. The van der Waals surface area contributed by atoms with Gasteiger partial charge in [0.15, 0.2) is 8.32 Å². The molecule has 108 valence electrons. The number of rotatable bonds is 5. The molecule has 0 aromatic carbocycles. The lowest BCUT2D eigenvalue weighted by Gasteiger charge is -2.35. The number of hydrogen-bond donors (Lipinski definition) is 3. The lowest BCUT2D eigenvalue weighted by Crippen LogP contribution is -2.39. The quantitative estimate of drug-likeness (QED) is 0.723. The number of pyridine rings is 1. The van der Waals surface area contributed by atoms with E-state index in [1.165, 1.54) is 0 Å². The van der Waals surface area contributed by atoms with E-state index in [1.54, 1.807) is 0 Å². The molecule has 0 unspecified atom stereocenters. The SMILES string of the molecule is Cc1cc(CCC(C)(C)[Si](C)(C)O)c(CN)c(=O)[nH]1. The number of aryl methyl sites for hydroxylation is 2. The Balaban J connectivity index is 2.99. The van der Waals surface area contributed by atoms with Gasteiger partial charge in [0.1, 0.15) is 0 Å². The van der Waals surface area contributed by atoms with Crippen molar-refractivity contribution in [2.24, 2.45) is 5.73 Å². The van der Waals surface area contributed by atoms with Crippen LogP contribution in [0.1, 0.15) is 37.1 Å². The third-order valence-electron chi connectivity index (χ3n) is 4.24. The number of aromatic amines is 1. The van der Waals surface area contributed by atoms with Crippen molar-refractivity contribution in [1.29, 1.82) is 0 Å². The minimum Gasteiger partial charge on any atom is -0.432 e. The summed E-state index contributed by atoms with van der Waals surface area (Å²) in [7, 11) is -2.21. The van der Waals surface area contributed by atoms with Gasteiger partial charge in [-0.2, -0.15) is 0 Å². The first-order valence-corrected chi connectivity index (χ1v) is 9.67. The summed E-state index contributed by atoms with van der Waals surface area (Å²) in [5.74, 6) is 0. The predicted molar refractivity (Wildman–Crippen MR) is 81.8 cm³/mol. The van der Waals surface area contributed by atoms with Crippen molar-refractivity contribution in [3.05, 3.63) is 33.2 Å². The van der Waals surface area contributed by atoms with E-state index >= 15 is 0 Å². The van der Waals surface area contributed by atoms with Gasteiger partial charge < -0.3 is 15.5 Å². The summed E-state index contributed by atoms with van der Waals surface area (Å²) in [4.78, 5) is 24.9. The second kappa shape index (κ2) is 5.61. The first-order valence-electron chi connectivity index (χ1n) is 6.72. The monoisotopic (exact) mass is 282 g/mol. The van der Waals surface area contributed by atoms with E-state index in [-0.39, 0.29) is 17.1 Å². The second-order valence-electron chi connectivity index (χ2n) is 6.43. The number of nitrogens with two attached hydrogens (primary N) is 1. The zero-order chi connectivity index (χ0) is 14.8. The molecule has 1 rings (SSSR count). The Kier molecular flexibility index (Phi) is 4.76. The van der Waals surface area contributed by atoms with Crippen LogP contribution in [0.5, 0.6) is 0 Å². The topological polar surface area (TPSA) is 79.1 Å². The van der Waals surface area contributed by atoms with E-state index < -0.39 is 8.32 Å². The predicted octanol–water partition coefficient (Wildman–Crippen LogP) is 2.05. The van der Waals surface area contributed by atoms with Crippen LogP contribution in [0.2, 0.25) is 18.1 Å². The van der Waals surface area contributed by atoms with Crippen LogP contribution in [0, 0.1) is 6.92 Å². The molecule has 0 saturated heterocycles. The van der Waals surface area contributed by atoms with Crippen molar-refractivity contribution in [2.75, 3.05) is 0 Å². The summed E-state index contributed by atoms with van der Waals surface area (Å²) in [5, 5.41) is -0.0879. The molecule has 19 heavy (non-hydrogen) atoms. The van der Waals surface area contributed by atoms with Crippen molar-refractivity contribution in [1.82, 2.24) is 4.98 Å². The number of aromatic nitrogens is 1. The first-order chi connectivity index (χ1) is 8.58. The van der Waals surface area contributed by atoms with Gasteiger partial charge in [-0.1, -0.05) is 13.8 Å². The van der Waals surface area contributed by atoms with Crippen molar-refractivity contribution >= 4 is 8.32 Å². The van der Waals surface area contributed by atoms with E-state index in [0.717, 1.165) is 24.1 Å². The van der Waals surface area contributed by atoms with Crippen LogP contribution in [0.3, 0.4) is 0 Å². The van der Waals surface area contributed by atoms with Crippen LogP contribution in [-0.4, -0.2) is 18.1 Å². The zero-order valence-electron chi connectivity index (χ0n) is 12.6.